The van der Waals surface area contributed by atoms with E-state index in [1.807, 2.05) is 11.9 Å². The molecule has 1 aromatic rings. The van der Waals surface area contributed by atoms with Gasteiger partial charge in [-0.05, 0) is 18.8 Å². The summed E-state index contributed by atoms with van der Waals surface area (Å²) in [6.07, 6.45) is 2.31. The minimum Gasteiger partial charge on any atom is -0.467 e. The molecule has 2 rings (SSSR count). The highest BCUT2D eigenvalue weighted by Crippen LogP contribution is 2.18. The van der Waals surface area contributed by atoms with Gasteiger partial charge in [-0.1, -0.05) is 0 Å². The first-order valence-corrected chi connectivity index (χ1v) is 6.49. The van der Waals surface area contributed by atoms with E-state index >= 15 is 0 Å². The van der Waals surface area contributed by atoms with Gasteiger partial charge in [-0.3, -0.25) is 0 Å². The number of hydrogen-bond acceptors (Lipinski definition) is 7. The summed E-state index contributed by atoms with van der Waals surface area (Å²) in [6.45, 7) is 2.56. The standard InChI is InChI=1S/C12H21N5O2/c1-13-10-14-11(16-12(15-10)18-3)17(2)7-9-5-4-6-19-8-9/h9H,4-8H2,1-3H3,(H,13,14,15,16). The lowest BCUT2D eigenvalue weighted by Crippen LogP contribution is -2.32. The minimum absolute atomic E-state index is 0.320. The van der Waals surface area contributed by atoms with E-state index < -0.39 is 0 Å². The Bertz CT molecular complexity index is 387. The Balaban J connectivity index is 2.06. The number of nitrogens with one attached hydrogen (secondary N) is 1. The lowest BCUT2D eigenvalue weighted by Gasteiger charge is -2.27. The third kappa shape index (κ3) is 3.66. The molecule has 0 aliphatic carbocycles. The summed E-state index contributed by atoms with van der Waals surface area (Å²) in [5, 5.41) is 2.91. The van der Waals surface area contributed by atoms with Crippen LogP contribution >= 0.6 is 0 Å². The summed E-state index contributed by atoms with van der Waals surface area (Å²) in [7, 11) is 5.30. The molecule has 1 fully saturated rings. The van der Waals surface area contributed by atoms with Crippen molar-refractivity contribution in [3.63, 3.8) is 0 Å². The Morgan fingerprint density at radius 2 is 2.26 bits per heavy atom. The van der Waals surface area contributed by atoms with Crippen molar-refractivity contribution < 1.29 is 9.47 Å². The van der Waals surface area contributed by atoms with Gasteiger partial charge < -0.3 is 19.7 Å². The second-order valence-corrected chi connectivity index (χ2v) is 4.66. The second kappa shape index (κ2) is 6.51. The van der Waals surface area contributed by atoms with E-state index in [-0.39, 0.29) is 0 Å². The summed E-state index contributed by atoms with van der Waals surface area (Å²) in [6, 6.07) is 0.320. The van der Waals surface area contributed by atoms with Crippen LogP contribution in [0.25, 0.3) is 0 Å². The fourth-order valence-electron chi connectivity index (χ4n) is 2.14. The van der Waals surface area contributed by atoms with E-state index in [4.69, 9.17) is 9.47 Å². The van der Waals surface area contributed by atoms with Gasteiger partial charge in [0, 0.05) is 27.2 Å². The van der Waals surface area contributed by atoms with E-state index in [1.165, 1.54) is 6.42 Å². The third-order valence-electron chi connectivity index (χ3n) is 3.14. The van der Waals surface area contributed by atoms with E-state index in [9.17, 15) is 0 Å². The molecule has 7 heteroatoms. The van der Waals surface area contributed by atoms with Gasteiger partial charge in [-0.15, -0.1) is 0 Å². The first-order valence-electron chi connectivity index (χ1n) is 6.49. The summed E-state index contributed by atoms with van der Waals surface area (Å²) in [5.74, 6) is 1.65. The zero-order chi connectivity index (χ0) is 13.7. The van der Waals surface area contributed by atoms with Gasteiger partial charge in [0.1, 0.15) is 0 Å². The summed E-state index contributed by atoms with van der Waals surface area (Å²) < 4.78 is 10.6. The van der Waals surface area contributed by atoms with Gasteiger partial charge in [0.15, 0.2) is 0 Å². The molecule has 0 aromatic carbocycles. The second-order valence-electron chi connectivity index (χ2n) is 4.66. The Morgan fingerprint density at radius 3 is 2.89 bits per heavy atom. The Hall–Kier alpha value is -1.63. The number of hydrogen-bond donors (Lipinski definition) is 1. The maximum Gasteiger partial charge on any atom is 0.322 e. The van der Waals surface area contributed by atoms with Gasteiger partial charge in [0.2, 0.25) is 11.9 Å². The fraction of sp³-hybridized carbons (Fsp3) is 0.750. The summed E-state index contributed by atoms with van der Waals surface area (Å²) in [5.41, 5.74) is 0. The molecule has 1 N–H and O–H groups in total. The van der Waals surface area contributed by atoms with Gasteiger partial charge in [0.05, 0.1) is 13.7 Å². The predicted molar refractivity (Wildman–Crippen MR) is 72.7 cm³/mol. The molecule has 0 saturated carbocycles. The maximum absolute atomic E-state index is 5.49. The van der Waals surface area contributed by atoms with Crippen LogP contribution in [0.4, 0.5) is 11.9 Å². The molecule has 19 heavy (non-hydrogen) atoms. The molecule has 0 bridgehead atoms. The zero-order valence-electron chi connectivity index (χ0n) is 11.7. The number of anilines is 2. The molecular formula is C12H21N5O2. The number of rotatable bonds is 5. The average Bonchev–Trinajstić information content (AvgIpc) is 2.47. The monoisotopic (exact) mass is 267 g/mol. The molecule has 7 nitrogen and oxygen atoms in total. The lowest BCUT2D eigenvalue weighted by atomic mass is 10.0. The molecule has 0 amide bonds. The molecule has 0 spiro atoms. The summed E-state index contributed by atoms with van der Waals surface area (Å²) in [4.78, 5) is 14.7. The molecule has 1 saturated heterocycles. The van der Waals surface area contributed by atoms with E-state index in [1.54, 1.807) is 14.2 Å². The smallest absolute Gasteiger partial charge is 0.322 e. The highest BCUT2D eigenvalue weighted by molar-refractivity contribution is 5.37. The van der Waals surface area contributed by atoms with Crippen molar-refractivity contribution in [3.8, 4) is 6.01 Å². The van der Waals surface area contributed by atoms with Crippen LogP contribution in [0.1, 0.15) is 12.8 Å². The van der Waals surface area contributed by atoms with Crippen LogP contribution < -0.4 is 15.0 Å². The van der Waals surface area contributed by atoms with Crippen LogP contribution in [-0.4, -0.2) is 55.9 Å². The van der Waals surface area contributed by atoms with Crippen molar-refractivity contribution in [1.82, 2.24) is 15.0 Å². The molecule has 2 heterocycles. The first kappa shape index (κ1) is 13.8. The van der Waals surface area contributed by atoms with E-state index in [2.05, 4.69) is 20.3 Å². The number of ether oxygens (including phenoxy) is 2. The van der Waals surface area contributed by atoms with Crippen LogP contribution in [0.15, 0.2) is 0 Å². The van der Waals surface area contributed by atoms with Crippen LogP contribution in [0, 0.1) is 5.92 Å². The molecule has 1 aromatic heterocycles. The molecule has 1 unspecified atom stereocenters. The maximum atomic E-state index is 5.49. The van der Waals surface area contributed by atoms with Crippen LogP contribution in [0.2, 0.25) is 0 Å². The van der Waals surface area contributed by atoms with Crippen molar-refractivity contribution in [2.75, 3.05) is 51.2 Å². The number of methoxy groups -OCH3 is 1. The van der Waals surface area contributed by atoms with Crippen molar-refractivity contribution in [2.24, 2.45) is 5.92 Å². The Labute approximate surface area is 113 Å². The van der Waals surface area contributed by atoms with Crippen LogP contribution in [0.3, 0.4) is 0 Å². The quantitative estimate of drug-likeness (QED) is 0.845. The Kier molecular flexibility index (Phi) is 4.73. The topological polar surface area (TPSA) is 72.4 Å². The van der Waals surface area contributed by atoms with Crippen molar-refractivity contribution in [3.05, 3.63) is 0 Å². The van der Waals surface area contributed by atoms with Crippen molar-refractivity contribution in [2.45, 2.75) is 12.8 Å². The SMILES string of the molecule is CNc1nc(OC)nc(N(C)CC2CCCOC2)n1. The van der Waals surface area contributed by atoms with Gasteiger partial charge in [-0.25, -0.2) is 0 Å². The fourth-order valence-corrected chi connectivity index (χ4v) is 2.14. The summed E-state index contributed by atoms with van der Waals surface area (Å²) >= 11 is 0. The molecule has 1 aliphatic rings. The molecule has 1 atom stereocenters. The Morgan fingerprint density at radius 1 is 1.42 bits per heavy atom. The van der Waals surface area contributed by atoms with Crippen molar-refractivity contribution in [1.29, 1.82) is 0 Å². The normalized spacial score (nSPS) is 19.0. The predicted octanol–water partition coefficient (Wildman–Crippen LogP) is 0.785. The zero-order valence-corrected chi connectivity index (χ0v) is 11.7. The van der Waals surface area contributed by atoms with Crippen molar-refractivity contribution >= 4 is 11.9 Å². The third-order valence-corrected chi connectivity index (χ3v) is 3.14. The molecule has 1 aliphatic heterocycles. The van der Waals surface area contributed by atoms with Gasteiger partial charge in [-0.2, -0.15) is 15.0 Å². The van der Waals surface area contributed by atoms with Crippen LogP contribution in [0.5, 0.6) is 6.01 Å². The first-order chi connectivity index (χ1) is 9.22. The average molecular weight is 267 g/mol. The largest absolute Gasteiger partial charge is 0.467 e. The van der Waals surface area contributed by atoms with E-state index in [0.717, 1.165) is 26.2 Å². The highest BCUT2D eigenvalue weighted by Gasteiger charge is 2.18. The number of aromatic nitrogens is 3. The van der Waals surface area contributed by atoms with Crippen LogP contribution in [-0.2, 0) is 4.74 Å². The highest BCUT2D eigenvalue weighted by atomic mass is 16.5. The molecular weight excluding hydrogens is 246 g/mol. The number of nitrogens with zero attached hydrogens (tertiary/aromatic N) is 4. The lowest BCUT2D eigenvalue weighted by molar-refractivity contribution is 0.0575. The van der Waals surface area contributed by atoms with E-state index in [0.29, 0.717) is 23.8 Å². The molecule has 106 valence electrons. The van der Waals surface area contributed by atoms with Gasteiger partial charge >= 0.3 is 6.01 Å². The minimum atomic E-state index is 0.320. The molecule has 0 radical (unpaired) electrons. The van der Waals surface area contributed by atoms with Gasteiger partial charge in [0.25, 0.3) is 0 Å².